The highest BCUT2D eigenvalue weighted by molar-refractivity contribution is 7.25. The smallest absolute Gasteiger partial charge is 0.271 e. The monoisotopic (exact) mass is 384 g/mol. The van der Waals surface area contributed by atoms with Crippen molar-refractivity contribution in [2.75, 3.05) is 0 Å². The molecule has 0 aliphatic heterocycles. The molecule has 1 N–H and O–H groups in total. The second-order valence-corrected chi connectivity index (χ2v) is 7.09. The van der Waals surface area contributed by atoms with Gasteiger partial charge in [-0.05, 0) is 23.8 Å². The van der Waals surface area contributed by atoms with Crippen LogP contribution in [0.4, 0.5) is 0 Å². The maximum Gasteiger partial charge on any atom is 0.271 e. The van der Waals surface area contributed by atoms with Gasteiger partial charge < -0.3 is 5.32 Å². The summed E-state index contributed by atoms with van der Waals surface area (Å²) < 4.78 is 1.81. The van der Waals surface area contributed by atoms with Gasteiger partial charge in [0, 0.05) is 23.2 Å². The molecule has 0 spiro atoms. The van der Waals surface area contributed by atoms with Crippen molar-refractivity contribution < 1.29 is 4.79 Å². The Balaban J connectivity index is 1.56. The van der Waals surface area contributed by atoms with Crippen molar-refractivity contribution >= 4 is 49.3 Å². The predicted octanol–water partition coefficient (Wildman–Crippen LogP) is 2.98. The van der Waals surface area contributed by atoms with E-state index in [0.29, 0.717) is 21.8 Å². The van der Waals surface area contributed by atoms with E-state index >= 15 is 0 Å². The molecule has 0 saturated carbocycles. The molecule has 0 unspecified atom stereocenters. The Labute approximate surface area is 157 Å². The van der Waals surface area contributed by atoms with E-state index in [9.17, 15) is 9.59 Å². The van der Waals surface area contributed by atoms with Gasteiger partial charge in [-0.3, -0.25) is 14.2 Å². The highest BCUT2D eigenvalue weighted by atomic mass is 35.5. The van der Waals surface area contributed by atoms with Crippen molar-refractivity contribution in [3.8, 4) is 0 Å². The molecule has 26 heavy (non-hydrogen) atoms. The maximum atomic E-state index is 12.7. The van der Waals surface area contributed by atoms with Crippen LogP contribution in [-0.2, 0) is 17.9 Å². The average Bonchev–Trinajstić information content (AvgIpc) is 3.03. The Morgan fingerprint density at radius 2 is 2.04 bits per heavy atom. The fourth-order valence-corrected chi connectivity index (χ4v) is 3.91. The van der Waals surface area contributed by atoms with Gasteiger partial charge in [-0.1, -0.05) is 29.8 Å². The summed E-state index contributed by atoms with van der Waals surface area (Å²) in [5, 5.41) is 4.21. The van der Waals surface area contributed by atoms with Crippen LogP contribution >= 0.6 is 22.9 Å². The largest absolute Gasteiger partial charge is 0.350 e. The molecule has 6 nitrogen and oxygen atoms in total. The Kier molecular flexibility index (Phi) is 4.40. The number of hydrogen-bond acceptors (Lipinski definition) is 5. The number of nitrogens with one attached hydrogen (secondary N) is 1. The van der Waals surface area contributed by atoms with Gasteiger partial charge in [0.25, 0.3) is 5.56 Å². The Hall–Kier alpha value is -2.77. The number of amides is 1. The molecule has 0 aliphatic rings. The van der Waals surface area contributed by atoms with Crippen LogP contribution in [0.2, 0.25) is 5.02 Å². The molecule has 0 aliphatic carbocycles. The first-order chi connectivity index (χ1) is 12.6. The molecule has 0 saturated heterocycles. The number of nitrogens with zero attached hydrogens (tertiary/aromatic N) is 3. The van der Waals surface area contributed by atoms with Gasteiger partial charge in [0.15, 0.2) is 0 Å². The summed E-state index contributed by atoms with van der Waals surface area (Å²) in [6.45, 7) is 0.198. The van der Waals surface area contributed by atoms with Gasteiger partial charge in [-0.25, -0.2) is 9.97 Å². The van der Waals surface area contributed by atoms with Gasteiger partial charge in [-0.15, -0.1) is 11.3 Å². The molecular weight excluding hydrogens is 372 g/mol. The maximum absolute atomic E-state index is 12.7. The van der Waals surface area contributed by atoms with Crippen LogP contribution in [0.5, 0.6) is 0 Å². The second-order valence-electron chi connectivity index (χ2n) is 5.68. The Bertz CT molecular complexity index is 1180. The molecule has 0 bridgehead atoms. The highest BCUT2D eigenvalue weighted by Gasteiger charge is 2.13. The molecule has 8 heteroatoms. The first-order valence-corrected chi connectivity index (χ1v) is 9.05. The van der Waals surface area contributed by atoms with Crippen LogP contribution in [0.1, 0.15) is 5.56 Å². The number of thiophene rings is 1. The third-order valence-electron chi connectivity index (χ3n) is 3.97. The summed E-state index contributed by atoms with van der Waals surface area (Å²) in [4.78, 5) is 34.2. The highest BCUT2D eigenvalue weighted by Crippen LogP contribution is 2.27. The van der Waals surface area contributed by atoms with Crippen LogP contribution in [-0.4, -0.2) is 20.4 Å². The lowest BCUT2D eigenvalue weighted by Crippen LogP contribution is -2.32. The van der Waals surface area contributed by atoms with Crippen molar-refractivity contribution in [1.29, 1.82) is 0 Å². The summed E-state index contributed by atoms with van der Waals surface area (Å²) in [7, 11) is 0. The number of hydrogen-bond donors (Lipinski definition) is 1. The van der Waals surface area contributed by atoms with Gasteiger partial charge in [0.05, 0.1) is 11.8 Å². The van der Waals surface area contributed by atoms with E-state index in [1.165, 1.54) is 22.2 Å². The summed E-state index contributed by atoms with van der Waals surface area (Å²) >= 11 is 7.36. The number of rotatable bonds is 4. The first-order valence-electron chi connectivity index (χ1n) is 7.86. The SMILES string of the molecule is O=C(Cn1cnc2c(sc3ncccc32)c1=O)NCc1ccccc1Cl. The van der Waals surface area contributed by atoms with Gasteiger partial charge in [0.2, 0.25) is 5.91 Å². The second kappa shape index (κ2) is 6.86. The third-order valence-corrected chi connectivity index (χ3v) is 5.43. The molecule has 4 rings (SSSR count). The molecule has 3 heterocycles. The van der Waals surface area contributed by atoms with Gasteiger partial charge >= 0.3 is 0 Å². The Morgan fingerprint density at radius 3 is 2.88 bits per heavy atom. The molecule has 130 valence electrons. The number of pyridine rings is 1. The quantitative estimate of drug-likeness (QED) is 0.586. The van der Waals surface area contributed by atoms with Crippen molar-refractivity contribution in [2.45, 2.75) is 13.1 Å². The first kappa shape index (κ1) is 16.7. The lowest BCUT2D eigenvalue weighted by atomic mass is 10.2. The summed E-state index contributed by atoms with van der Waals surface area (Å²) in [5.41, 5.74) is 1.20. The molecule has 1 aromatic carbocycles. The van der Waals surface area contributed by atoms with Crippen LogP contribution < -0.4 is 10.9 Å². The van der Waals surface area contributed by atoms with Crippen molar-refractivity contribution in [2.24, 2.45) is 0 Å². The average molecular weight is 385 g/mol. The van der Waals surface area contributed by atoms with E-state index in [1.807, 2.05) is 30.3 Å². The fourth-order valence-electron chi connectivity index (χ4n) is 2.66. The predicted molar refractivity (Wildman–Crippen MR) is 102 cm³/mol. The van der Waals surface area contributed by atoms with E-state index in [2.05, 4.69) is 15.3 Å². The summed E-state index contributed by atoms with van der Waals surface area (Å²) in [6, 6.07) is 11.0. The van der Waals surface area contributed by atoms with E-state index in [4.69, 9.17) is 11.6 Å². The summed E-state index contributed by atoms with van der Waals surface area (Å²) in [5.74, 6) is -0.285. The van der Waals surface area contributed by atoms with Gasteiger partial charge in [-0.2, -0.15) is 0 Å². The zero-order valence-corrected chi connectivity index (χ0v) is 15.0. The minimum atomic E-state index is -0.285. The van der Waals surface area contributed by atoms with Crippen molar-refractivity contribution in [3.05, 3.63) is 69.9 Å². The van der Waals surface area contributed by atoms with E-state index in [0.717, 1.165) is 15.8 Å². The number of halogens is 1. The van der Waals surface area contributed by atoms with E-state index < -0.39 is 0 Å². The normalized spacial score (nSPS) is 11.1. The minimum Gasteiger partial charge on any atom is -0.350 e. The Morgan fingerprint density at radius 1 is 1.19 bits per heavy atom. The number of carbonyl (C=O) groups excluding carboxylic acids is 1. The van der Waals surface area contributed by atoms with Crippen LogP contribution in [0, 0.1) is 0 Å². The molecule has 0 atom stereocenters. The molecule has 1 amide bonds. The zero-order valence-electron chi connectivity index (χ0n) is 13.5. The lowest BCUT2D eigenvalue weighted by Gasteiger charge is -2.08. The van der Waals surface area contributed by atoms with E-state index in [-0.39, 0.29) is 18.0 Å². The van der Waals surface area contributed by atoms with Gasteiger partial charge in [0.1, 0.15) is 16.1 Å². The lowest BCUT2D eigenvalue weighted by molar-refractivity contribution is -0.121. The third kappa shape index (κ3) is 3.07. The number of carbonyl (C=O) groups is 1. The molecule has 0 fully saturated rings. The van der Waals surface area contributed by atoms with E-state index in [1.54, 1.807) is 12.3 Å². The van der Waals surface area contributed by atoms with Crippen LogP contribution in [0.15, 0.2) is 53.7 Å². The molecular formula is C18H13ClN4O2S. The van der Waals surface area contributed by atoms with Crippen molar-refractivity contribution in [3.63, 3.8) is 0 Å². The minimum absolute atomic E-state index is 0.103. The number of fused-ring (bicyclic) bond motifs is 3. The number of aromatic nitrogens is 3. The number of benzene rings is 1. The van der Waals surface area contributed by atoms with Crippen molar-refractivity contribution in [1.82, 2.24) is 19.9 Å². The fraction of sp³-hybridized carbons (Fsp3) is 0.111. The molecule has 4 aromatic rings. The van der Waals surface area contributed by atoms with Crippen LogP contribution in [0.25, 0.3) is 20.4 Å². The van der Waals surface area contributed by atoms with Crippen LogP contribution in [0.3, 0.4) is 0 Å². The molecule has 3 aromatic heterocycles. The zero-order chi connectivity index (χ0) is 18.1. The standard InChI is InChI=1S/C18H13ClN4O2S/c19-13-6-2-1-4-11(13)8-21-14(24)9-23-10-22-15-12-5-3-7-20-17(12)26-16(15)18(23)25/h1-7,10H,8-9H2,(H,21,24). The topological polar surface area (TPSA) is 76.9 Å². The molecule has 0 radical (unpaired) electrons. The summed E-state index contributed by atoms with van der Waals surface area (Å²) in [6.07, 6.45) is 3.08.